The van der Waals surface area contributed by atoms with Crippen LogP contribution in [0.5, 0.6) is 0 Å². The van der Waals surface area contributed by atoms with Crippen LogP contribution in [0.25, 0.3) is 0 Å². The summed E-state index contributed by atoms with van der Waals surface area (Å²) in [5.74, 6) is -2.89. The number of unbranched alkanes of at least 4 members (excludes halogenated alkanes) is 1. The van der Waals surface area contributed by atoms with Gasteiger partial charge in [0.15, 0.2) is 0 Å². The van der Waals surface area contributed by atoms with E-state index in [0.717, 1.165) is 5.56 Å². The van der Waals surface area contributed by atoms with E-state index in [9.17, 15) is 24.3 Å². The molecule has 0 spiro atoms. The van der Waals surface area contributed by atoms with Crippen molar-refractivity contribution in [2.45, 2.75) is 57.2 Å². The van der Waals surface area contributed by atoms with Gasteiger partial charge in [-0.2, -0.15) is 0 Å². The first-order valence-electron chi connectivity index (χ1n) is 10.2. The van der Waals surface area contributed by atoms with E-state index < -0.39 is 41.3 Å². The number of rotatable bonds is 13. The number of carbonyl (C=O) groups excluding carboxylic acids is 3. The summed E-state index contributed by atoms with van der Waals surface area (Å²) >= 11 is 0. The zero-order valence-corrected chi connectivity index (χ0v) is 18.0. The second kappa shape index (κ2) is 12.7. The second-order valence-electron chi connectivity index (χ2n) is 7.90. The number of nitrogens with two attached hydrogens (primary N) is 2. The summed E-state index contributed by atoms with van der Waals surface area (Å²) in [6.07, 6.45) is 1.57. The van der Waals surface area contributed by atoms with Gasteiger partial charge in [0, 0.05) is 6.42 Å². The molecule has 0 aliphatic carbocycles. The van der Waals surface area contributed by atoms with E-state index in [-0.39, 0.29) is 19.4 Å². The third-order valence-electron chi connectivity index (χ3n) is 4.49. The molecule has 172 valence electrons. The Balaban J connectivity index is 2.84. The lowest BCUT2D eigenvalue weighted by Gasteiger charge is -2.22. The van der Waals surface area contributed by atoms with Gasteiger partial charge in [-0.05, 0) is 45.2 Å². The zero-order chi connectivity index (χ0) is 23.4. The van der Waals surface area contributed by atoms with E-state index in [2.05, 4.69) is 16.0 Å². The SMILES string of the molecule is CC(C)(N)C(=O)NCC(=O)N[C@@H](Cc1ccccc1)C(=O)N[C@@H](CCCCN)C(=O)O. The van der Waals surface area contributed by atoms with Gasteiger partial charge in [-0.25, -0.2) is 4.79 Å². The first-order valence-corrected chi connectivity index (χ1v) is 10.2. The van der Waals surface area contributed by atoms with Crippen LogP contribution in [0.3, 0.4) is 0 Å². The van der Waals surface area contributed by atoms with Gasteiger partial charge in [-0.1, -0.05) is 30.3 Å². The average Bonchev–Trinajstić information content (AvgIpc) is 2.70. The van der Waals surface area contributed by atoms with Gasteiger partial charge in [-0.3, -0.25) is 14.4 Å². The summed E-state index contributed by atoms with van der Waals surface area (Å²) in [6.45, 7) is 3.07. The van der Waals surface area contributed by atoms with Crippen molar-refractivity contribution in [1.82, 2.24) is 16.0 Å². The van der Waals surface area contributed by atoms with E-state index in [1.54, 1.807) is 24.3 Å². The molecule has 0 aromatic heterocycles. The molecule has 1 aromatic carbocycles. The summed E-state index contributed by atoms with van der Waals surface area (Å²) in [7, 11) is 0. The first-order chi connectivity index (χ1) is 14.5. The molecule has 0 aliphatic heterocycles. The number of hydrogen-bond acceptors (Lipinski definition) is 6. The number of nitrogens with one attached hydrogen (secondary N) is 3. The molecule has 0 aliphatic rings. The van der Waals surface area contributed by atoms with Gasteiger partial charge in [0.25, 0.3) is 0 Å². The average molecular weight is 436 g/mol. The van der Waals surface area contributed by atoms with Crippen LogP contribution in [0.15, 0.2) is 30.3 Å². The Hall–Kier alpha value is -2.98. The van der Waals surface area contributed by atoms with Gasteiger partial charge < -0.3 is 32.5 Å². The summed E-state index contributed by atoms with van der Waals surface area (Å²) in [5.41, 5.74) is 10.7. The fourth-order valence-electron chi connectivity index (χ4n) is 2.72. The Kier molecular flexibility index (Phi) is 10.6. The number of aliphatic carboxylic acids is 1. The number of carboxylic acid groups (broad SMARTS) is 1. The zero-order valence-electron chi connectivity index (χ0n) is 18.0. The molecular formula is C21H33N5O5. The standard InChI is InChI=1S/C21H33N5O5/c1-21(2,23)20(31)24-13-17(27)25-16(12-14-8-4-3-5-9-14)18(28)26-15(19(29)30)10-6-7-11-22/h3-5,8-9,15-16H,6-7,10-13,22-23H2,1-2H3,(H,24,31)(H,25,27)(H,26,28)(H,29,30)/t15-,16-/m0/s1. The number of carbonyl (C=O) groups is 4. The number of carboxylic acids is 1. The van der Waals surface area contributed by atoms with Gasteiger partial charge in [0.1, 0.15) is 12.1 Å². The van der Waals surface area contributed by atoms with Gasteiger partial charge in [0.2, 0.25) is 17.7 Å². The van der Waals surface area contributed by atoms with Crippen LogP contribution in [0, 0.1) is 0 Å². The van der Waals surface area contributed by atoms with Crippen molar-refractivity contribution in [3.8, 4) is 0 Å². The smallest absolute Gasteiger partial charge is 0.326 e. The highest BCUT2D eigenvalue weighted by molar-refractivity contribution is 5.93. The molecule has 3 amide bonds. The minimum atomic E-state index is -1.16. The summed E-state index contributed by atoms with van der Waals surface area (Å²) in [5, 5.41) is 16.9. The van der Waals surface area contributed by atoms with Crippen LogP contribution < -0.4 is 27.4 Å². The molecule has 0 bridgehead atoms. The molecule has 0 heterocycles. The van der Waals surface area contributed by atoms with Crippen LogP contribution in [0.4, 0.5) is 0 Å². The second-order valence-corrected chi connectivity index (χ2v) is 7.90. The number of benzene rings is 1. The van der Waals surface area contributed by atoms with E-state index in [1.165, 1.54) is 13.8 Å². The lowest BCUT2D eigenvalue weighted by atomic mass is 10.0. The van der Waals surface area contributed by atoms with E-state index in [0.29, 0.717) is 19.4 Å². The van der Waals surface area contributed by atoms with E-state index >= 15 is 0 Å². The highest BCUT2D eigenvalue weighted by Gasteiger charge is 2.27. The van der Waals surface area contributed by atoms with Crippen molar-refractivity contribution in [2.24, 2.45) is 11.5 Å². The minimum absolute atomic E-state index is 0.157. The van der Waals surface area contributed by atoms with Crippen molar-refractivity contribution >= 4 is 23.7 Å². The Labute approximate surface area is 182 Å². The molecule has 0 fully saturated rings. The highest BCUT2D eigenvalue weighted by Crippen LogP contribution is 2.06. The molecule has 0 saturated carbocycles. The molecule has 0 radical (unpaired) electrons. The summed E-state index contributed by atoms with van der Waals surface area (Å²) in [6, 6.07) is 6.88. The lowest BCUT2D eigenvalue weighted by molar-refractivity contribution is -0.142. The summed E-state index contributed by atoms with van der Waals surface area (Å²) < 4.78 is 0. The van der Waals surface area contributed by atoms with Crippen molar-refractivity contribution in [1.29, 1.82) is 0 Å². The Morgan fingerprint density at radius 1 is 1.03 bits per heavy atom. The van der Waals surface area contributed by atoms with Gasteiger partial charge in [-0.15, -0.1) is 0 Å². The van der Waals surface area contributed by atoms with Crippen LogP contribution in [0.2, 0.25) is 0 Å². The van der Waals surface area contributed by atoms with Gasteiger partial charge >= 0.3 is 5.97 Å². The van der Waals surface area contributed by atoms with Crippen molar-refractivity contribution in [3.63, 3.8) is 0 Å². The molecule has 1 rings (SSSR count). The number of hydrogen-bond donors (Lipinski definition) is 6. The van der Waals surface area contributed by atoms with Crippen molar-refractivity contribution in [3.05, 3.63) is 35.9 Å². The normalized spacial score (nSPS) is 13.0. The molecule has 8 N–H and O–H groups in total. The fourth-order valence-corrected chi connectivity index (χ4v) is 2.72. The number of amides is 3. The molecule has 10 nitrogen and oxygen atoms in total. The molecule has 0 saturated heterocycles. The topological polar surface area (TPSA) is 177 Å². The molecular weight excluding hydrogens is 402 g/mol. The third-order valence-corrected chi connectivity index (χ3v) is 4.49. The maximum atomic E-state index is 12.8. The van der Waals surface area contributed by atoms with Crippen molar-refractivity contribution in [2.75, 3.05) is 13.1 Å². The molecule has 1 aromatic rings. The Morgan fingerprint density at radius 3 is 2.23 bits per heavy atom. The quantitative estimate of drug-likeness (QED) is 0.221. The summed E-state index contributed by atoms with van der Waals surface area (Å²) in [4.78, 5) is 48.5. The minimum Gasteiger partial charge on any atom is -0.480 e. The first kappa shape index (κ1) is 26.1. The lowest BCUT2D eigenvalue weighted by Crippen LogP contribution is -2.55. The van der Waals surface area contributed by atoms with Crippen LogP contribution in [-0.4, -0.2) is 59.5 Å². The Morgan fingerprint density at radius 2 is 1.68 bits per heavy atom. The van der Waals surface area contributed by atoms with Crippen LogP contribution >= 0.6 is 0 Å². The van der Waals surface area contributed by atoms with Crippen molar-refractivity contribution < 1.29 is 24.3 Å². The van der Waals surface area contributed by atoms with Crippen LogP contribution in [0.1, 0.15) is 38.7 Å². The third kappa shape index (κ3) is 10.1. The van der Waals surface area contributed by atoms with E-state index in [4.69, 9.17) is 11.5 Å². The van der Waals surface area contributed by atoms with Gasteiger partial charge in [0.05, 0.1) is 12.1 Å². The molecule has 0 unspecified atom stereocenters. The largest absolute Gasteiger partial charge is 0.480 e. The predicted molar refractivity (Wildman–Crippen MR) is 116 cm³/mol. The monoisotopic (exact) mass is 435 g/mol. The maximum absolute atomic E-state index is 12.8. The molecule has 2 atom stereocenters. The Bertz CT molecular complexity index is 748. The molecule has 10 heteroatoms. The molecule has 31 heavy (non-hydrogen) atoms. The predicted octanol–water partition coefficient (Wildman–Crippen LogP) is -0.734. The maximum Gasteiger partial charge on any atom is 0.326 e. The van der Waals surface area contributed by atoms with Crippen LogP contribution in [-0.2, 0) is 25.6 Å². The van der Waals surface area contributed by atoms with E-state index in [1.807, 2.05) is 6.07 Å². The fraction of sp³-hybridized carbons (Fsp3) is 0.524. The highest BCUT2D eigenvalue weighted by atomic mass is 16.4.